The largest absolute Gasteiger partial charge is 0.461 e. The topological polar surface area (TPSA) is 18.5 Å². The Morgan fingerprint density at radius 2 is 1.57 bits per heavy atom. The van der Waals surface area contributed by atoms with E-state index in [1.54, 1.807) is 0 Å². The van der Waals surface area contributed by atoms with E-state index in [0.717, 1.165) is 5.54 Å². The molecule has 0 N–H and O–H groups in total. The monoisotopic (exact) mass is 330 g/mol. The third-order valence-corrected chi connectivity index (χ3v) is 10.5. The minimum Gasteiger partial charge on any atom is -0.403 e. The van der Waals surface area contributed by atoms with E-state index in [1.165, 1.54) is 24.4 Å². The number of rotatable bonds is 4. The molecule has 0 aromatic heterocycles. The van der Waals surface area contributed by atoms with Gasteiger partial charge in [0.25, 0.3) is 0 Å². The van der Waals surface area contributed by atoms with Crippen molar-refractivity contribution in [2.24, 2.45) is 0 Å². The minimum absolute atomic E-state index is 0.0127. The predicted octanol–water partition coefficient (Wildman–Crippen LogP) is 5.10. The average molecular weight is 330 g/mol. The van der Waals surface area contributed by atoms with Crippen LogP contribution < -0.4 is 0 Å². The van der Waals surface area contributed by atoms with Crippen LogP contribution in [0.4, 0.5) is 0 Å². The van der Waals surface area contributed by atoms with Crippen LogP contribution in [0.1, 0.15) is 46.1 Å². The molecule has 1 heterocycles. The maximum absolute atomic E-state index is 6.34. The lowest BCUT2D eigenvalue weighted by atomic mass is 9.60. The summed E-state index contributed by atoms with van der Waals surface area (Å²) in [6, 6.07) is 12.2. The molecule has 1 aliphatic heterocycles. The number of hydrogen-bond acceptors (Lipinski definition) is 2. The SMILES string of the molecule is CC1(C)OB([C@H]2CC[C@H]2[Si](C)(C)Cc2ccccc2)OC1(C)C. The van der Waals surface area contributed by atoms with E-state index < -0.39 is 8.07 Å². The molecule has 2 aliphatic rings. The molecule has 4 heteroatoms. The van der Waals surface area contributed by atoms with Crippen molar-refractivity contribution in [2.75, 3.05) is 0 Å². The van der Waals surface area contributed by atoms with Gasteiger partial charge in [-0.2, -0.15) is 0 Å². The average Bonchev–Trinajstić information content (AvgIpc) is 2.56. The molecule has 1 saturated carbocycles. The van der Waals surface area contributed by atoms with Crippen molar-refractivity contribution in [3.05, 3.63) is 35.9 Å². The molecule has 1 aliphatic carbocycles. The van der Waals surface area contributed by atoms with Crippen LogP contribution in [0.25, 0.3) is 0 Å². The highest BCUT2D eigenvalue weighted by molar-refractivity contribution is 6.79. The third-order valence-electron chi connectivity index (χ3n) is 6.46. The van der Waals surface area contributed by atoms with Gasteiger partial charge in [-0.3, -0.25) is 0 Å². The second-order valence-corrected chi connectivity index (χ2v) is 14.2. The van der Waals surface area contributed by atoms with E-state index >= 15 is 0 Å². The molecular weight excluding hydrogens is 299 g/mol. The van der Waals surface area contributed by atoms with Crippen LogP contribution in [0.2, 0.25) is 24.5 Å². The van der Waals surface area contributed by atoms with Crippen LogP contribution >= 0.6 is 0 Å². The van der Waals surface area contributed by atoms with Gasteiger partial charge in [0.15, 0.2) is 0 Å². The maximum atomic E-state index is 6.34. The van der Waals surface area contributed by atoms with E-state index in [4.69, 9.17) is 9.31 Å². The zero-order valence-corrected chi connectivity index (χ0v) is 16.6. The highest BCUT2D eigenvalue weighted by Gasteiger charge is 2.58. The molecule has 23 heavy (non-hydrogen) atoms. The van der Waals surface area contributed by atoms with Gasteiger partial charge in [-0.15, -0.1) is 0 Å². The highest BCUT2D eigenvalue weighted by Crippen LogP contribution is 2.56. The standard InChI is InChI=1S/C19H31BO2Si/c1-18(2)19(3,4)22-20(21-18)16-12-13-17(16)23(5,6)14-15-10-8-7-9-11-15/h7-11,16-17H,12-14H2,1-6H3/t16-,17+/m0/s1. The molecule has 1 aromatic carbocycles. The van der Waals surface area contributed by atoms with Crippen molar-refractivity contribution < 1.29 is 9.31 Å². The Labute approximate surface area is 143 Å². The molecule has 2 atom stereocenters. The summed E-state index contributed by atoms with van der Waals surface area (Å²) in [6.45, 7) is 13.7. The van der Waals surface area contributed by atoms with Crippen molar-refractivity contribution in [1.82, 2.24) is 0 Å². The lowest BCUT2D eigenvalue weighted by Gasteiger charge is -2.46. The Morgan fingerprint density at radius 1 is 1.00 bits per heavy atom. The van der Waals surface area contributed by atoms with Crippen LogP contribution in [-0.2, 0) is 15.4 Å². The van der Waals surface area contributed by atoms with Crippen LogP contribution in [-0.4, -0.2) is 26.4 Å². The van der Waals surface area contributed by atoms with E-state index in [2.05, 4.69) is 71.1 Å². The second-order valence-electron chi connectivity index (χ2n) is 9.12. The van der Waals surface area contributed by atoms with Crippen LogP contribution in [0.5, 0.6) is 0 Å². The summed E-state index contributed by atoms with van der Waals surface area (Å²) in [5.41, 5.74) is 1.88. The fourth-order valence-corrected chi connectivity index (χ4v) is 8.12. The Kier molecular flexibility index (Phi) is 4.31. The van der Waals surface area contributed by atoms with Crippen molar-refractivity contribution >= 4 is 15.2 Å². The Balaban J connectivity index is 1.70. The lowest BCUT2D eigenvalue weighted by molar-refractivity contribution is 0.00578. The first-order chi connectivity index (χ1) is 10.6. The molecule has 0 unspecified atom stereocenters. The Morgan fingerprint density at radius 3 is 2.04 bits per heavy atom. The van der Waals surface area contributed by atoms with Crippen LogP contribution in [0.15, 0.2) is 30.3 Å². The van der Waals surface area contributed by atoms with Gasteiger partial charge in [-0.25, -0.2) is 0 Å². The van der Waals surface area contributed by atoms with Crippen molar-refractivity contribution in [3.8, 4) is 0 Å². The first kappa shape index (κ1) is 17.3. The fourth-order valence-electron chi connectivity index (χ4n) is 4.14. The normalized spacial score (nSPS) is 29.4. The smallest absolute Gasteiger partial charge is 0.403 e. The summed E-state index contributed by atoms with van der Waals surface area (Å²) in [5, 5.41) is 0. The summed E-state index contributed by atoms with van der Waals surface area (Å²) in [7, 11) is -1.36. The number of benzene rings is 1. The molecule has 2 nitrogen and oxygen atoms in total. The molecule has 0 amide bonds. The molecule has 0 radical (unpaired) electrons. The summed E-state index contributed by atoms with van der Waals surface area (Å²) in [4.78, 5) is 0. The maximum Gasteiger partial charge on any atom is 0.461 e. The highest BCUT2D eigenvalue weighted by atomic mass is 28.3. The Hall–Kier alpha value is -0.578. The number of hydrogen-bond donors (Lipinski definition) is 0. The summed E-state index contributed by atoms with van der Waals surface area (Å²) in [6.07, 6.45) is 2.60. The van der Waals surface area contributed by atoms with Crippen molar-refractivity contribution in [1.29, 1.82) is 0 Å². The van der Waals surface area contributed by atoms with Gasteiger partial charge in [-0.05, 0) is 45.1 Å². The minimum atomic E-state index is -1.34. The predicted molar refractivity (Wildman–Crippen MR) is 100 cm³/mol. The van der Waals surface area contributed by atoms with Crippen LogP contribution in [0.3, 0.4) is 0 Å². The molecule has 3 rings (SSSR count). The molecule has 2 fully saturated rings. The summed E-state index contributed by atoms with van der Waals surface area (Å²) in [5.74, 6) is 0.585. The zero-order chi connectivity index (χ0) is 16.9. The van der Waals surface area contributed by atoms with Gasteiger partial charge in [0.05, 0.1) is 19.3 Å². The van der Waals surface area contributed by atoms with E-state index in [9.17, 15) is 0 Å². The van der Waals surface area contributed by atoms with Crippen molar-refractivity contribution in [2.45, 2.75) is 82.2 Å². The van der Waals surface area contributed by atoms with Gasteiger partial charge in [0, 0.05) is 0 Å². The quantitative estimate of drug-likeness (QED) is 0.715. The zero-order valence-electron chi connectivity index (χ0n) is 15.6. The van der Waals surface area contributed by atoms with E-state index in [0.29, 0.717) is 5.82 Å². The van der Waals surface area contributed by atoms with Crippen LogP contribution in [0, 0.1) is 0 Å². The van der Waals surface area contributed by atoms with Gasteiger partial charge in [0.2, 0.25) is 0 Å². The van der Waals surface area contributed by atoms with Gasteiger partial charge < -0.3 is 9.31 Å². The lowest BCUT2D eigenvalue weighted by Crippen LogP contribution is -2.47. The summed E-state index contributed by atoms with van der Waals surface area (Å²) >= 11 is 0. The van der Waals surface area contributed by atoms with Crippen molar-refractivity contribution in [3.63, 3.8) is 0 Å². The molecule has 0 bridgehead atoms. The Bertz CT molecular complexity index is 540. The molecule has 0 spiro atoms. The van der Waals surface area contributed by atoms with E-state index in [-0.39, 0.29) is 18.3 Å². The van der Waals surface area contributed by atoms with E-state index in [1.807, 2.05) is 0 Å². The van der Waals surface area contributed by atoms with Gasteiger partial charge >= 0.3 is 7.12 Å². The summed E-state index contributed by atoms with van der Waals surface area (Å²) < 4.78 is 12.7. The van der Waals surface area contributed by atoms with Gasteiger partial charge in [-0.1, -0.05) is 61.8 Å². The molecule has 1 saturated heterocycles. The third kappa shape index (κ3) is 3.18. The first-order valence-electron chi connectivity index (χ1n) is 9.02. The fraction of sp³-hybridized carbons (Fsp3) is 0.684. The molecular formula is C19H31BO2Si. The second kappa shape index (κ2) is 5.75. The van der Waals surface area contributed by atoms with Gasteiger partial charge in [0.1, 0.15) is 0 Å². The molecule has 1 aromatic rings. The molecule has 126 valence electrons. The first-order valence-corrected chi connectivity index (χ1v) is 12.3.